The summed E-state index contributed by atoms with van der Waals surface area (Å²) in [6.07, 6.45) is 2.55. The molecule has 0 unspecified atom stereocenters. The molecule has 0 atom stereocenters. The molecule has 1 aromatic carbocycles. The van der Waals surface area contributed by atoms with Crippen LogP contribution in [-0.2, 0) is 6.42 Å². The summed E-state index contributed by atoms with van der Waals surface area (Å²) in [6, 6.07) is 14.4. The van der Waals surface area contributed by atoms with Crippen LogP contribution in [0.3, 0.4) is 0 Å². The largest absolute Gasteiger partial charge is 0.439 e. The van der Waals surface area contributed by atoms with Gasteiger partial charge in [-0.25, -0.2) is 4.98 Å². The van der Waals surface area contributed by atoms with Gasteiger partial charge in [0.15, 0.2) is 0 Å². The van der Waals surface area contributed by atoms with Crippen LogP contribution in [-0.4, -0.2) is 4.98 Å². The number of para-hydroxylation sites is 1. The van der Waals surface area contributed by atoms with Crippen molar-refractivity contribution in [3.63, 3.8) is 0 Å². The van der Waals surface area contributed by atoms with E-state index in [1.54, 1.807) is 18.3 Å². The molecule has 2 aromatic rings. The zero-order valence-electron chi connectivity index (χ0n) is 8.60. The smallest absolute Gasteiger partial charge is 0.219 e. The van der Waals surface area contributed by atoms with Crippen LogP contribution in [0, 0.1) is 6.07 Å². The highest BCUT2D eigenvalue weighted by atomic mass is 16.5. The van der Waals surface area contributed by atoms with Gasteiger partial charge in [0.1, 0.15) is 5.75 Å². The van der Waals surface area contributed by atoms with E-state index in [4.69, 9.17) is 4.74 Å². The van der Waals surface area contributed by atoms with Crippen molar-refractivity contribution in [3.05, 3.63) is 54.2 Å². The lowest BCUT2D eigenvalue weighted by Crippen LogP contribution is -1.91. The molecule has 1 heterocycles. The molecule has 0 aliphatic heterocycles. The van der Waals surface area contributed by atoms with Crippen LogP contribution >= 0.6 is 0 Å². The number of pyridine rings is 1. The molecule has 0 amide bonds. The second kappa shape index (κ2) is 4.60. The van der Waals surface area contributed by atoms with E-state index in [9.17, 15) is 0 Å². The molecule has 2 heteroatoms. The van der Waals surface area contributed by atoms with Crippen molar-refractivity contribution in [2.24, 2.45) is 0 Å². The van der Waals surface area contributed by atoms with Gasteiger partial charge < -0.3 is 4.74 Å². The standard InChI is InChI=1S/C13H12NO/c1-2-11-7-3-4-8-12(11)15-13-9-5-6-10-14-13/h3-5,7-10H,2H2,1H3. The van der Waals surface area contributed by atoms with E-state index >= 15 is 0 Å². The summed E-state index contributed by atoms with van der Waals surface area (Å²) in [5.41, 5.74) is 1.19. The van der Waals surface area contributed by atoms with E-state index in [0.717, 1.165) is 12.2 Å². The van der Waals surface area contributed by atoms with Crippen molar-refractivity contribution in [1.82, 2.24) is 4.98 Å². The first-order valence-corrected chi connectivity index (χ1v) is 4.98. The predicted molar refractivity (Wildman–Crippen MR) is 59.0 cm³/mol. The first-order valence-electron chi connectivity index (χ1n) is 4.98. The number of benzene rings is 1. The maximum Gasteiger partial charge on any atom is 0.219 e. The van der Waals surface area contributed by atoms with E-state index in [1.165, 1.54) is 5.56 Å². The SMILES string of the molecule is CCc1ccccc1Oc1cc[c]cn1. The summed E-state index contributed by atoms with van der Waals surface area (Å²) in [7, 11) is 0. The maximum atomic E-state index is 5.67. The number of ether oxygens (including phenoxy) is 1. The quantitative estimate of drug-likeness (QED) is 0.755. The van der Waals surface area contributed by atoms with E-state index in [-0.39, 0.29) is 0 Å². The van der Waals surface area contributed by atoms with Crippen LogP contribution in [0.5, 0.6) is 11.6 Å². The van der Waals surface area contributed by atoms with Gasteiger partial charge in [0.25, 0.3) is 0 Å². The lowest BCUT2D eigenvalue weighted by molar-refractivity contribution is 0.457. The van der Waals surface area contributed by atoms with Gasteiger partial charge in [-0.15, -0.1) is 0 Å². The average Bonchev–Trinajstić information content (AvgIpc) is 2.31. The van der Waals surface area contributed by atoms with Crippen molar-refractivity contribution in [2.45, 2.75) is 13.3 Å². The molecule has 1 radical (unpaired) electrons. The van der Waals surface area contributed by atoms with Crippen molar-refractivity contribution in [2.75, 3.05) is 0 Å². The van der Waals surface area contributed by atoms with Gasteiger partial charge in [0.2, 0.25) is 5.88 Å². The number of hydrogen-bond acceptors (Lipinski definition) is 2. The fourth-order valence-corrected chi connectivity index (χ4v) is 1.37. The Bertz CT molecular complexity index is 426. The van der Waals surface area contributed by atoms with Gasteiger partial charge in [-0.1, -0.05) is 25.1 Å². The maximum absolute atomic E-state index is 5.67. The fourth-order valence-electron chi connectivity index (χ4n) is 1.37. The van der Waals surface area contributed by atoms with E-state index in [0.29, 0.717) is 5.88 Å². The molecular weight excluding hydrogens is 186 g/mol. The molecule has 0 bridgehead atoms. The normalized spacial score (nSPS) is 9.93. The molecule has 75 valence electrons. The number of aryl methyl sites for hydroxylation is 1. The Morgan fingerprint density at radius 3 is 2.87 bits per heavy atom. The molecular formula is C13H12NO. The van der Waals surface area contributed by atoms with E-state index < -0.39 is 0 Å². The lowest BCUT2D eigenvalue weighted by Gasteiger charge is -2.08. The Morgan fingerprint density at radius 2 is 2.13 bits per heavy atom. The first-order chi connectivity index (χ1) is 7.40. The molecule has 1 aromatic heterocycles. The zero-order chi connectivity index (χ0) is 10.5. The van der Waals surface area contributed by atoms with Gasteiger partial charge in [-0.3, -0.25) is 0 Å². The molecule has 2 rings (SSSR count). The Hall–Kier alpha value is -1.83. The second-order valence-electron chi connectivity index (χ2n) is 3.16. The molecule has 0 aliphatic rings. The Labute approximate surface area is 89.6 Å². The first kappa shape index (κ1) is 9.71. The van der Waals surface area contributed by atoms with Crippen molar-refractivity contribution >= 4 is 0 Å². The Balaban J connectivity index is 2.24. The number of aromatic nitrogens is 1. The van der Waals surface area contributed by atoms with Crippen LogP contribution in [0.1, 0.15) is 12.5 Å². The minimum Gasteiger partial charge on any atom is -0.439 e. The fraction of sp³-hybridized carbons (Fsp3) is 0.154. The highest BCUT2D eigenvalue weighted by molar-refractivity contribution is 5.35. The van der Waals surface area contributed by atoms with Gasteiger partial charge in [0, 0.05) is 18.3 Å². The van der Waals surface area contributed by atoms with E-state index in [1.807, 2.05) is 18.2 Å². The van der Waals surface area contributed by atoms with Crippen LogP contribution in [0.25, 0.3) is 0 Å². The van der Waals surface area contributed by atoms with Crippen LogP contribution in [0.15, 0.2) is 42.6 Å². The minimum atomic E-state index is 0.606. The summed E-state index contributed by atoms with van der Waals surface area (Å²) in [4.78, 5) is 4.07. The summed E-state index contributed by atoms with van der Waals surface area (Å²) in [5.74, 6) is 1.48. The second-order valence-corrected chi connectivity index (χ2v) is 3.16. The Morgan fingerprint density at radius 1 is 1.27 bits per heavy atom. The Kier molecular flexibility index (Phi) is 2.98. The highest BCUT2D eigenvalue weighted by Crippen LogP contribution is 2.23. The van der Waals surface area contributed by atoms with Gasteiger partial charge in [-0.2, -0.15) is 0 Å². The van der Waals surface area contributed by atoms with Gasteiger partial charge in [0.05, 0.1) is 0 Å². The minimum absolute atomic E-state index is 0.606. The number of nitrogens with zero attached hydrogens (tertiary/aromatic N) is 1. The summed E-state index contributed by atoms with van der Waals surface area (Å²) < 4.78 is 5.67. The van der Waals surface area contributed by atoms with Crippen molar-refractivity contribution in [1.29, 1.82) is 0 Å². The predicted octanol–water partition coefficient (Wildman–Crippen LogP) is 3.24. The van der Waals surface area contributed by atoms with E-state index in [2.05, 4.69) is 24.0 Å². The highest BCUT2D eigenvalue weighted by Gasteiger charge is 2.02. The van der Waals surface area contributed by atoms with Crippen LogP contribution in [0.2, 0.25) is 0 Å². The molecule has 0 saturated heterocycles. The lowest BCUT2D eigenvalue weighted by atomic mass is 10.1. The summed E-state index contributed by atoms with van der Waals surface area (Å²) >= 11 is 0. The van der Waals surface area contributed by atoms with Gasteiger partial charge >= 0.3 is 0 Å². The third-order valence-electron chi connectivity index (χ3n) is 2.16. The zero-order valence-corrected chi connectivity index (χ0v) is 8.60. The van der Waals surface area contributed by atoms with Crippen molar-refractivity contribution < 1.29 is 4.74 Å². The van der Waals surface area contributed by atoms with Crippen LogP contribution < -0.4 is 4.74 Å². The molecule has 2 nitrogen and oxygen atoms in total. The topological polar surface area (TPSA) is 22.1 Å². The average molecular weight is 198 g/mol. The third-order valence-corrected chi connectivity index (χ3v) is 2.16. The number of rotatable bonds is 3. The monoisotopic (exact) mass is 198 g/mol. The van der Waals surface area contributed by atoms with Gasteiger partial charge in [-0.05, 0) is 24.1 Å². The molecule has 0 fully saturated rings. The third kappa shape index (κ3) is 2.34. The molecule has 0 N–H and O–H groups in total. The number of hydrogen-bond donors (Lipinski definition) is 0. The van der Waals surface area contributed by atoms with Crippen molar-refractivity contribution in [3.8, 4) is 11.6 Å². The molecule has 0 aliphatic carbocycles. The summed E-state index contributed by atoms with van der Waals surface area (Å²) in [6.45, 7) is 2.11. The summed E-state index contributed by atoms with van der Waals surface area (Å²) in [5, 5.41) is 0. The molecule has 15 heavy (non-hydrogen) atoms. The molecule has 0 saturated carbocycles. The molecule has 0 spiro atoms. The van der Waals surface area contributed by atoms with Crippen LogP contribution in [0.4, 0.5) is 0 Å².